The van der Waals surface area contributed by atoms with E-state index >= 15 is 0 Å². The standard InChI is InChI=1S/C14H22N2/c1-11-5-6-14(12(2)9-11)16-8-4-7-15-13(3)10-16/h5-6,9,13,15H,4,7-8,10H2,1-3H3. The average Bonchev–Trinajstić information content (AvgIpc) is 2.43. The second-order valence-electron chi connectivity index (χ2n) is 4.94. The molecule has 0 aliphatic carbocycles. The van der Waals surface area contributed by atoms with Crippen LogP contribution in [0.15, 0.2) is 18.2 Å². The number of benzene rings is 1. The summed E-state index contributed by atoms with van der Waals surface area (Å²) in [5.41, 5.74) is 4.15. The van der Waals surface area contributed by atoms with Gasteiger partial charge in [0, 0.05) is 24.8 Å². The lowest BCUT2D eigenvalue weighted by Gasteiger charge is -2.26. The minimum atomic E-state index is 0.586. The van der Waals surface area contributed by atoms with Gasteiger partial charge < -0.3 is 10.2 Å². The topological polar surface area (TPSA) is 15.3 Å². The smallest absolute Gasteiger partial charge is 0.0396 e. The van der Waals surface area contributed by atoms with Gasteiger partial charge in [0.05, 0.1) is 0 Å². The van der Waals surface area contributed by atoms with Crippen LogP contribution < -0.4 is 10.2 Å². The third-order valence-corrected chi connectivity index (χ3v) is 3.28. The molecule has 0 amide bonds. The summed E-state index contributed by atoms with van der Waals surface area (Å²) < 4.78 is 0. The van der Waals surface area contributed by atoms with Gasteiger partial charge in [-0.05, 0) is 45.4 Å². The first-order valence-electron chi connectivity index (χ1n) is 6.22. The highest BCUT2D eigenvalue weighted by atomic mass is 15.2. The van der Waals surface area contributed by atoms with Crippen molar-refractivity contribution in [3.63, 3.8) is 0 Å². The fourth-order valence-corrected chi connectivity index (χ4v) is 2.48. The number of nitrogens with one attached hydrogen (secondary N) is 1. The third kappa shape index (κ3) is 2.56. The Balaban J connectivity index is 2.21. The van der Waals surface area contributed by atoms with Gasteiger partial charge in [-0.15, -0.1) is 0 Å². The van der Waals surface area contributed by atoms with Gasteiger partial charge >= 0.3 is 0 Å². The van der Waals surface area contributed by atoms with Crippen LogP contribution in [0.1, 0.15) is 24.5 Å². The normalized spacial score (nSPS) is 21.9. The lowest BCUT2D eigenvalue weighted by molar-refractivity contribution is 0.584. The second-order valence-corrected chi connectivity index (χ2v) is 4.94. The van der Waals surface area contributed by atoms with Crippen LogP contribution in [0.2, 0.25) is 0 Å². The van der Waals surface area contributed by atoms with Gasteiger partial charge in [0.2, 0.25) is 0 Å². The Morgan fingerprint density at radius 1 is 1.31 bits per heavy atom. The molecule has 1 unspecified atom stereocenters. The van der Waals surface area contributed by atoms with E-state index in [9.17, 15) is 0 Å². The molecule has 1 aromatic carbocycles. The van der Waals surface area contributed by atoms with Crippen molar-refractivity contribution in [1.29, 1.82) is 0 Å². The van der Waals surface area contributed by atoms with Crippen LogP contribution in [0, 0.1) is 13.8 Å². The molecule has 1 aliphatic heterocycles. The molecule has 1 N–H and O–H groups in total. The highest BCUT2D eigenvalue weighted by Crippen LogP contribution is 2.22. The molecule has 0 bridgehead atoms. The van der Waals surface area contributed by atoms with E-state index in [2.05, 4.69) is 49.2 Å². The molecule has 2 rings (SSSR count). The highest BCUT2D eigenvalue weighted by molar-refractivity contribution is 5.54. The lowest BCUT2D eigenvalue weighted by atomic mass is 10.1. The summed E-state index contributed by atoms with van der Waals surface area (Å²) in [6.45, 7) is 10.1. The van der Waals surface area contributed by atoms with Gasteiger partial charge in [0.1, 0.15) is 0 Å². The molecular formula is C14H22N2. The minimum Gasteiger partial charge on any atom is -0.370 e. The largest absolute Gasteiger partial charge is 0.370 e. The predicted molar refractivity (Wildman–Crippen MR) is 70.2 cm³/mol. The van der Waals surface area contributed by atoms with Crippen molar-refractivity contribution in [2.24, 2.45) is 0 Å². The maximum absolute atomic E-state index is 3.53. The van der Waals surface area contributed by atoms with E-state index in [0.717, 1.165) is 13.1 Å². The van der Waals surface area contributed by atoms with Gasteiger partial charge in [-0.3, -0.25) is 0 Å². The average molecular weight is 218 g/mol. The number of anilines is 1. The maximum Gasteiger partial charge on any atom is 0.0396 e. The van der Waals surface area contributed by atoms with Crippen molar-refractivity contribution in [2.45, 2.75) is 33.2 Å². The fourth-order valence-electron chi connectivity index (χ4n) is 2.48. The molecule has 0 aromatic heterocycles. The number of hydrogen-bond donors (Lipinski definition) is 1. The van der Waals surface area contributed by atoms with E-state index in [1.54, 1.807) is 0 Å². The number of hydrogen-bond acceptors (Lipinski definition) is 2. The summed E-state index contributed by atoms with van der Waals surface area (Å²) in [7, 11) is 0. The quantitative estimate of drug-likeness (QED) is 0.779. The van der Waals surface area contributed by atoms with Crippen molar-refractivity contribution >= 4 is 5.69 Å². The summed E-state index contributed by atoms with van der Waals surface area (Å²) in [5, 5.41) is 3.53. The molecule has 0 radical (unpaired) electrons. The van der Waals surface area contributed by atoms with E-state index < -0.39 is 0 Å². The number of aryl methyl sites for hydroxylation is 2. The zero-order valence-electron chi connectivity index (χ0n) is 10.6. The van der Waals surface area contributed by atoms with Crippen LogP contribution in [-0.2, 0) is 0 Å². The number of rotatable bonds is 1. The van der Waals surface area contributed by atoms with Gasteiger partial charge in [-0.2, -0.15) is 0 Å². The minimum absolute atomic E-state index is 0.586. The van der Waals surface area contributed by atoms with E-state index in [1.165, 1.54) is 29.8 Å². The lowest BCUT2D eigenvalue weighted by Crippen LogP contribution is -2.35. The molecule has 88 valence electrons. The molecule has 2 nitrogen and oxygen atoms in total. The Morgan fingerprint density at radius 2 is 2.12 bits per heavy atom. The van der Waals surface area contributed by atoms with Crippen LogP contribution in [0.25, 0.3) is 0 Å². The van der Waals surface area contributed by atoms with Crippen LogP contribution in [0.5, 0.6) is 0 Å². The van der Waals surface area contributed by atoms with Gasteiger partial charge in [-0.25, -0.2) is 0 Å². The Bertz CT molecular complexity index is 360. The van der Waals surface area contributed by atoms with Crippen molar-refractivity contribution in [2.75, 3.05) is 24.5 Å². The molecule has 1 atom stereocenters. The molecule has 1 saturated heterocycles. The molecule has 1 heterocycles. The summed E-state index contributed by atoms with van der Waals surface area (Å²) in [5.74, 6) is 0. The third-order valence-electron chi connectivity index (χ3n) is 3.28. The second kappa shape index (κ2) is 4.88. The SMILES string of the molecule is Cc1ccc(N2CCCNC(C)C2)c(C)c1. The first-order valence-corrected chi connectivity index (χ1v) is 6.22. The molecule has 1 aromatic rings. The van der Waals surface area contributed by atoms with Crippen LogP contribution >= 0.6 is 0 Å². The molecule has 2 heteroatoms. The van der Waals surface area contributed by atoms with E-state index in [1.807, 2.05) is 0 Å². The molecular weight excluding hydrogens is 196 g/mol. The van der Waals surface area contributed by atoms with Crippen molar-refractivity contribution in [3.05, 3.63) is 29.3 Å². The van der Waals surface area contributed by atoms with E-state index in [-0.39, 0.29) is 0 Å². The van der Waals surface area contributed by atoms with Crippen LogP contribution in [-0.4, -0.2) is 25.7 Å². The van der Waals surface area contributed by atoms with E-state index in [0.29, 0.717) is 6.04 Å². The maximum atomic E-state index is 3.53. The summed E-state index contributed by atoms with van der Waals surface area (Å²) >= 11 is 0. The zero-order chi connectivity index (χ0) is 11.5. The molecule has 16 heavy (non-hydrogen) atoms. The van der Waals surface area contributed by atoms with Crippen molar-refractivity contribution in [3.8, 4) is 0 Å². The molecule has 1 fully saturated rings. The Kier molecular flexibility index (Phi) is 3.49. The summed E-state index contributed by atoms with van der Waals surface area (Å²) in [4.78, 5) is 2.51. The van der Waals surface area contributed by atoms with Crippen molar-refractivity contribution in [1.82, 2.24) is 5.32 Å². The Morgan fingerprint density at radius 3 is 2.88 bits per heavy atom. The van der Waals surface area contributed by atoms with Gasteiger partial charge in [-0.1, -0.05) is 17.7 Å². The first-order chi connectivity index (χ1) is 7.66. The fraction of sp³-hybridized carbons (Fsp3) is 0.571. The Hall–Kier alpha value is -1.02. The summed E-state index contributed by atoms with van der Waals surface area (Å²) in [6.07, 6.45) is 1.23. The van der Waals surface area contributed by atoms with Crippen LogP contribution in [0.4, 0.5) is 5.69 Å². The highest BCUT2D eigenvalue weighted by Gasteiger charge is 2.15. The first kappa shape index (κ1) is 11.5. The summed E-state index contributed by atoms with van der Waals surface area (Å²) in [6, 6.07) is 7.34. The number of nitrogens with zero attached hydrogens (tertiary/aromatic N) is 1. The van der Waals surface area contributed by atoms with E-state index in [4.69, 9.17) is 0 Å². The Labute approximate surface area is 98.7 Å². The van der Waals surface area contributed by atoms with Crippen molar-refractivity contribution < 1.29 is 0 Å². The van der Waals surface area contributed by atoms with Gasteiger partial charge in [0.25, 0.3) is 0 Å². The molecule has 1 aliphatic rings. The molecule has 0 saturated carbocycles. The van der Waals surface area contributed by atoms with Crippen LogP contribution in [0.3, 0.4) is 0 Å². The molecule has 0 spiro atoms. The monoisotopic (exact) mass is 218 g/mol. The van der Waals surface area contributed by atoms with Gasteiger partial charge in [0.15, 0.2) is 0 Å². The zero-order valence-corrected chi connectivity index (χ0v) is 10.6. The predicted octanol–water partition coefficient (Wildman–Crippen LogP) is 2.49.